The molecule has 226 valence electrons. The van der Waals surface area contributed by atoms with Crippen molar-refractivity contribution in [3.8, 4) is 22.7 Å². The van der Waals surface area contributed by atoms with Crippen molar-refractivity contribution < 1.29 is 22.6 Å². The van der Waals surface area contributed by atoms with E-state index in [4.69, 9.17) is 14.5 Å². The Morgan fingerprint density at radius 2 is 1.45 bits per heavy atom. The van der Waals surface area contributed by atoms with Crippen molar-refractivity contribution >= 4 is 15.9 Å². The molecule has 1 aromatic heterocycles. The summed E-state index contributed by atoms with van der Waals surface area (Å²) < 4.78 is 56.5. The molecule has 0 spiro atoms. The molecule has 6 rings (SSSR count). The third-order valence-electron chi connectivity index (χ3n) is 8.01. The van der Waals surface area contributed by atoms with Crippen LogP contribution in [0.5, 0.6) is 5.75 Å². The van der Waals surface area contributed by atoms with Crippen molar-refractivity contribution in [3.63, 3.8) is 0 Å². The van der Waals surface area contributed by atoms with Crippen LogP contribution >= 0.6 is 15.9 Å². The van der Waals surface area contributed by atoms with Gasteiger partial charge in [-0.3, -0.25) is 0 Å². The van der Waals surface area contributed by atoms with Gasteiger partial charge in [0.15, 0.2) is 0 Å². The van der Waals surface area contributed by atoms with E-state index in [1.807, 2.05) is 91.1 Å². The summed E-state index contributed by atoms with van der Waals surface area (Å²) in [6.45, 7) is 0.841. The lowest BCUT2D eigenvalue weighted by molar-refractivity contribution is -0.138. The van der Waals surface area contributed by atoms with Crippen LogP contribution in [0.2, 0.25) is 0 Å². The minimum Gasteiger partial charge on any atom is -0.488 e. The number of halogens is 4. The van der Waals surface area contributed by atoms with Crippen LogP contribution in [0.15, 0.2) is 114 Å². The van der Waals surface area contributed by atoms with Gasteiger partial charge in [0.1, 0.15) is 18.2 Å². The average molecular weight is 662 g/mol. The first kappa shape index (κ1) is 30.2. The SMILES string of the molecule is FC(F)(F)c1cc(-n2cc(-c3ccccc3OCc3ccccc3)nc2C2CCCCC2OCc2ccccc2)ccc1Br. The fraction of sp³-hybridized carbons (Fsp3) is 0.250. The molecule has 0 amide bonds. The first-order chi connectivity index (χ1) is 21.4. The van der Waals surface area contributed by atoms with E-state index in [9.17, 15) is 13.2 Å². The summed E-state index contributed by atoms with van der Waals surface area (Å²) in [4.78, 5) is 5.13. The first-order valence-corrected chi connectivity index (χ1v) is 15.5. The maximum atomic E-state index is 14.0. The smallest absolute Gasteiger partial charge is 0.417 e. The highest BCUT2D eigenvalue weighted by Crippen LogP contribution is 2.41. The van der Waals surface area contributed by atoms with Crippen molar-refractivity contribution in [1.82, 2.24) is 9.55 Å². The predicted molar refractivity (Wildman–Crippen MR) is 169 cm³/mol. The monoisotopic (exact) mass is 660 g/mol. The molecule has 2 atom stereocenters. The van der Waals surface area contributed by atoms with E-state index < -0.39 is 11.7 Å². The van der Waals surface area contributed by atoms with Crippen molar-refractivity contribution in [2.24, 2.45) is 0 Å². The van der Waals surface area contributed by atoms with Crippen LogP contribution in [0.25, 0.3) is 16.9 Å². The number of nitrogens with zero attached hydrogens (tertiary/aromatic N) is 2. The van der Waals surface area contributed by atoms with Gasteiger partial charge in [-0.2, -0.15) is 13.2 Å². The number of hydrogen-bond donors (Lipinski definition) is 0. The van der Waals surface area contributed by atoms with Gasteiger partial charge in [0.2, 0.25) is 0 Å². The third kappa shape index (κ3) is 6.92. The Hall–Kier alpha value is -3.88. The zero-order valence-electron chi connectivity index (χ0n) is 24.0. The van der Waals surface area contributed by atoms with Gasteiger partial charge in [0.05, 0.1) is 24.0 Å². The number of imidazole rings is 1. The van der Waals surface area contributed by atoms with E-state index in [0.717, 1.165) is 42.4 Å². The summed E-state index contributed by atoms with van der Waals surface area (Å²) in [5, 5.41) is 0. The molecule has 1 saturated carbocycles. The molecule has 0 saturated heterocycles. The maximum absolute atomic E-state index is 14.0. The number of para-hydroxylation sites is 1. The number of ether oxygens (including phenoxy) is 2. The Bertz CT molecular complexity index is 1690. The molecule has 1 aliphatic rings. The van der Waals surface area contributed by atoms with E-state index in [1.54, 1.807) is 10.6 Å². The molecular weight excluding hydrogens is 629 g/mol. The van der Waals surface area contributed by atoms with Gasteiger partial charge >= 0.3 is 6.18 Å². The highest BCUT2D eigenvalue weighted by atomic mass is 79.9. The highest BCUT2D eigenvalue weighted by molar-refractivity contribution is 9.10. The summed E-state index contributed by atoms with van der Waals surface area (Å²) >= 11 is 3.09. The van der Waals surface area contributed by atoms with E-state index in [0.29, 0.717) is 36.2 Å². The van der Waals surface area contributed by atoms with E-state index in [1.165, 1.54) is 12.1 Å². The topological polar surface area (TPSA) is 36.3 Å². The van der Waals surface area contributed by atoms with Gasteiger partial charge in [-0.1, -0.05) is 102 Å². The van der Waals surface area contributed by atoms with Crippen LogP contribution in [0.1, 0.15) is 54.1 Å². The largest absolute Gasteiger partial charge is 0.488 e. The zero-order valence-corrected chi connectivity index (χ0v) is 25.6. The second-order valence-electron chi connectivity index (χ2n) is 11.0. The van der Waals surface area contributed by atoms with E-state index in [2.05, 4.69) is 15.9 Å². The Labute approximate surface area is 263 Å². The average Bonchev–Trinajstić information content (AvgIpc) is 3.49. The van der Waals surface area contributed by atoms with Crippen LogP contribution in [-0.4, -0.2) is 15.7 Å². The minimum absolute atomic E-state index is 0.00275. The summed E-state index contributed by atoms with van der Waals surface area (Å²) in [7, 11) is 0. The van der Waals surface area contributed by atoms with Gasteiger partial charge in [0, 0.05) is 27.8 Å². The van der Waals surface area contributed by atoms with Gasteiger partial charge in [-0.05, 0) is 54.3 Å². The molecule has 8 heteroatoms. The van der Waals surface area contributed by atoms with Gasteiger partial charge in [-0.15, -0.1) is 0 Å². The lowest BCUT2D eigenvalue weighted by Gasteiger charge is -2.31. The summed E-state index contributed by atoms with van der Waals surface area (Å²) in [5.41, 5.74) is 3.17. The molecule has 4 aromatic carbocycles. The molecule has 1 aliphatic carbocycles. The number of rotatable bonds is 9. The van der Waals surface area contributed by atoms with Crippen molar-refractivity contribution in [1.29, 1.82) is 0 Å². The quantitative estimate of drug-likeness (QED) is 0.158. The number of aromatic nitrogens is 2. The predicted octanol–water partition coefficient (Wildman–Crippen LogP) is 10.1. The molecule has 0 radical (unpaired) electrons. The second kappa shape index (κ2) is 13.4. The van der Waals surface area contributed by atoms with E-state index in [-0.39, 0.29) is 16.5 Å². The second-order valence-corrected chi connectivity index (χ2v) is 11.9. The van der Waals surface area contributed by atoms with Crippen LogP contribution in [-0.2, 0) is 24.1 Å². The molecule has 4 nitrogen and oxygen atoms in total. The Morgan fingerprint density at radius 1 is 0.795 bits per heavy atom. The maximum Gasteiger partial charge on any atom is 0.417 e. The van der Waals surface area contributed by atoms with Crippen molar-refractivity contribution in [2.75, 3.05) is 0 Å². The molecule has 44 heavy (non-hydrogen) atoms. The standard InChI is InChI=1S/C36H32BrF3N2O2/c37-31-20-19-27(21-30(31)36(38,39)40)42-22-32(28-15-7-9-17-33(28)43-23-25-11-3-1-4-12-25)41-35(42)29-16-8-10-18-34(29)44-24-26-13-5-2-6-14-26/h1-7,9,11-15,17,19-22,29,34H,8,10,16,18,23-24H2. The molecule has 1 fully saturated rings. The van der Waals surface area contributed by atoms with Crippen LogP contribution in [0, 0.1) is 0 Å². The molecule has 2 unspecified atom stereocenters. The molecule has 0 aliphatic heterocycles. The van der Waals surface area contributed by atoms with Crippen LogP contribution in [0.3, 0.4) is 0 Å². The van der Waals surface area contributed by atoms with Gasteiger partial charge in [0.25, 0.3) is 0 Å². The van der Waals surface area contributed by atoms with Crippen LogP contribution in [0.4, 0.5) is 13.2 Å². The number of hydrogen-bond acceptors (Lipinski definition) is 3. The minimum atomic E-state index is -4.51. The van der Waals surface area contributed by atoms with Crippen molar-refractivity contribution in [3.05, 3.63) is 136 Å². The lowest BCUT2D eigenvalue weighted by atomic mass is 9.85. The third-order valence-corrected chi connectivity index (χ3v) is 8.70. The fourth-order valence-electron chi connectivity index (χ4n) is 5.78. The summed E-state index contributed by atoms with van der Waals surface area (Å²) in [5.74, 6) is 1.24. The number of alkyl halides is 3. The Kier molecular flexibility index (Phi) is 9.19. The first-order valence-electron chi connectivity index (χ1n) is 14.7. The molecule has 5 aromatic rings. The van der Waals surface area contributed by atoms with Gasteiger partial charge in [-0.25, -0.2) is 4.98 Å². The Balaban J connectivity index is 1.40. The molecule has 0 N–H and O–H groups in total. The highest BCUT2D eigenvalue weighted by Gasteiger charge is 2.35. The van der Waals surface area contributed by atoms with Gasteiger partial charge < -0.3 is 14.0 Å². The van der Waals surface area contributed by atoms with E-state index >= 15 is 0 Å². The van der Waals surface area contributed by atoms with Crippen LogP contribution < -0.4 is 4.74 Å². The number of benzene rings is 4. The zero-order chi connectivity index (χ0) is 30.5. The fourth-order valence-corrected chi connectivity index (χ4v) is 6.25. The Morgan fingerprint density at radius 3 is 2.18 bits per heavy atom. The summed E-state index contributed by atoms with van der Waals surface area (Å²) in [6, 6.07) is 31.9. The molecule has 1 heterocycles. The normalized spacial score (nSPS) is 17.0. The molecule has 0 bridgehead atoms. The summed E-state index contributed by atoms with van der Waals surface area (Å²) in [6.07, 6.45) is 0.878. The van der Waals surface area contributed by atoms with Crippen molar-refractivity contribution in [2.45, 2.75) is 57.1 Å². The lowest BCUT2D eigenvalue weighted by Crippen LogP contribution is -2.28. The molecular formula is C36H32BrF3N2O2.